The van der Waals surface area contributed by atoms with Crippen LogP contribution in [0.3, 0.4) is 0 Å². The molecule has 5 rings (SSSR count). The van der Waals surface area contributed by atoms with Crippen LogP contribution in [-0.4, -0.2) is 77.9 Å². The number of fused-ring (bicyclic) bond motifs is 1. The number of carbonyl (C=O) groups is 1. The molecule has 172 valence electrons. The van der Waals surface area contributed by atoms with Crippen molar-refractivity contribution in [2.75, 3.05) is 46.1 Å². The van der Waals surface area contributed by atoms with Crippen molar-refractivity contribution >= 4 is 5.91 Å². The van der Waals surface area contributed by atoms with Gasteiger partial charge in [-0.15, -0.1) is 0 Å². The molecule has 1 aromatic carbocycles. The maximum absolute atomic E-state index is 12.9. The summed E-state index contributed by atoms with van der Waals surface area (Å²) in [7, 11) is 0. The van der Waals surface area contributed by atoms with Gasteiger partial charge in [0, 0.05) is 64.3 Å². The van der Waals surface area contributed by atoms with E-state index < -0.39 is 0 Å². The highest BCUT2D eigenvalue weighted by molar-refractivity contribution is 5.92. The number of rotatable bonds is 6. The third kappa shape index (κ3) is 4.61. The van der Waals surface area contributed by atoms with Crippen molar-refractivity contribution in [3.05, 3.63) is 41.3 Å². The van der Waals surface area contributed by atoms with Gasteiger partial charge in [-0.3, -0.25) is 14.6 Å². The minimum atomic E-state index is 0.00208. The zero-order valence-electron chi connectivity index (χ0n) is 18.8. The maximum Gasteiger partial charge on any atom is 0.276 e. The van der Waals surface area contributed by atoms with Gasteiger partial charge >= 0.3 is 0 Å². The van der Waals surface area contributed by atoms with E-state index in [0.29, 0.717) is 18.5 Å². The first-order valence-corrected chi connectivity index (χ1v) is 11.8. The molecule has 1 amide bonds. The van der Waals surface area contributed by atoms with Crippen LogP contribution in [0.1, 0.15) is 48.0 Å². The summed E-state index contributed by atoms with van der Waals surface area (Å²) in [5.74, 6) is 2.48. The zero-order chi connectivity index (χ0) is 21.9. The molecule has 0 bridgehead atoms. The number of aryl methyl sites for hydroxylation is 1. The minimum Gasteiger partial charge on any atom is -0.454 e. The van der Waals surface area contributed by atoms with Crippen molar-refractivity contribution in [3.63, 3.8) is 0 Å². The molecule has 0 N–H and O–H groups in total. The number of piperazine rings is 1. The summed E-state index contributed by atoms with van der Waals surface area (Å²) in [5, 5.41) is 4.02. The Hall–Kier alpha value is -2.58. The lowest BCUT2D eigenvalue weighted by Gasteiger charge is -2.43. The predicted molar refractivity (Wildman–Crippen MR) is 119 cm³/mol. The fraction of sp³-hybridized carbons (Fsp3) is 0.583. The predicted octanol–water partition coefficient (Wildman–Crippen LogP) is 2.78. The van der Waals surface area contributed by atoms with E-state index in [9.17, 15) is 4.79 Å². The number of ether oxygens (including phenoxy) is 2. The van der Waals surface area contributed by atoms with E-state index >= 15 is 0 Å². The van der Waals surface area contributed by atoms with E-state index in [-0.39, 0.29) is 5.91 Å². The number of aromatic nitrogens is 1. The van der Waals surface area contributed by atoms with Gasteiger partial charge < -0.3 is 18.9 Å². The van der Waals surface area contributed by atoms with E-state index in [1.165, 1.54) is 5.56 Å². The van der Waals surface area contributed by atoms with Gasteiger partial charge in [-0.25, -0.2) is 0 Å². The van der Waals surface area contributed by atoms with Gasteiger partial charge in [0.25, 0.3) is 5.91 Å². The molecule has 8 heteroatoms. The second-order valence-electron chi connectivity index (χ2n) is 8.98. The molecule has 0 aliphatic carbocycles. The molecule has 8 nitrogen and oxygen atoms in total. The summed E-state index contributed by atoms with van der Waals surface area (Å²) in [5.41, 5.74) is 1.70. The van der Waals surface area contributed by atoms with Crippen molar-refractivity contribution in [2.45, 2.75) is 45.2 Å². The fourth-order valence-corrected chi connectivity index (χ4v) is 4.96. The second kappa shape index (κ2) is 9.50. The molecule has 0 unspecified atom stereocenters. The molecule has 2 saturated heterocycles. The molecule has 2 fully saturated rings. The fourth-order valence-electron chi connectivity index (χ4n) is 4.96. The van der Waals surface area contributed by atoms with Crippen LogP contribution in [0.25, 0.3) is 0 Å². The maximum atomic E-state index is 12.9. The van der Waals surface area contributed by atoms with E-state index in [1.807, 2.05) is 17.0 Å². The van der Waals surface area contributed by atoms with Crippen LogP contribution in [0.5, 0.6) is 11.5 Å². The van der Waals surface area contributed by atoms with Crippen LogP contribution >= 0.6 is 0 Å². The summed E-state index contributed by atoms with van der Waals surface area (Å²) in [4.78, 5) is 19.9. The Morgan fingerprint density at radius 1 is 1.09 bits per heavy atom. The highest BCUT2D eigenvalue weighted by Gasteiger charge is 2.31. The summed E-state index contributed by atoms with van der Waals surface area (Å²) in [6.45, 7) is 9.02. The number of amides is 1. The van der Waals surface area contributed by atoms with Crippen LogP contribution in [0.2, 0.25) is 0 Å². The van der Waals surface area contributed by atoms with Crippen LogP contribution in [-0.2, 0) is 13.0 Å². The monoisotopic (exact) mass is 440 g/mol. The first-order valence-electron chi connectivity index (χ1n) is 11.8. The quantitative estimate of drug-likeness (QED) is 0.684. The Balaban J connectivity index is 1.13. The Labute approximate surface area is 189 Å². The SMILES string of the molecule is CCCc1cc(C(=O)N2CCC[C@@H](N3CCN(Cc4ccc5c(c4)OCO5)CC3)C2)no1. The smallest absolute Gasteiger partial charge is 0.276 e. The van der Waals surface area contributed by atoms with Crippen LogP contribution in [0, 0.1) is 0 Å². The lowest BCUT2D eigenvalue weighted by Crippen LogP contribution is -2.55. The molecular formula is C24H32N4O4. The second-order valence-corrected chi connectivity index (χ2v) is 8.98. The highest BCUT2D eigenvalue weighted by atomic mass is 16.7. The summed E-state index contributed by atoms with van der Waals surface area (Å²) < 4.78 is 16.2. The lowest BCUT2D eigenvalue weighted by atomic mass is 10.0. The van der Waals surface area contributed by atoms with E-state index in [1.54, 1.807) is 0 Å². The Kier molecular flexibility index (Phi) is 6.32. The summed E-state index contributed by atoms with van der Waals surface area (Å²) in [6, 6.07) is 8.45. The van der Waals surface area contributed by atoms with Gasteiger partial charge in [0.05, 0.1) is 0 Å². The molecule has 32 heavy (non-hydrogen) atoms. The van der Waals surface area contributed by atoms with Crippen molar-refractivity contribution in [1.29, 1.82) is 0 Å². The summed E-state index contributed by atoms with van der Waals surface area (Å²) >= 11 is 0. The lowest BCUT2D eigenvalue weighted by molar-refractivity contribution is 0.0401. The molecule has 4 heterocycles. The van der Waals surface area contributed by atoms with Crippen LogP contribution in [0.4, 0.5) is 0 Å². The van der Waals surface area contributed by atoms with Crippen LogP contribution < -0.4 is 9.47 Å². The Morgan fingerprint density at radius 3 is 2.78 bits per heavy atom. The normalized spacial score (nSPS) is 21.8. The number of likely N-dealkylation sites (tertiary alicyclic amines) is 1. The molecule has 1 aromatic heterocycles. The van der Waals surface area contributed by atoms with Crippen molar-refractivity contribution in [3.8, 4) is 11.5 Å². The number of hydrogen-bond acceptors (Lipinski definition) is 7. The van der Waals surface area contributed by atoms with E-state index in [0.717, 1.165) is 88.8 Å². The standard InChI is InChI=1S/C24H32N4O4/c1-2-4-20-14-21(25-32-20)24(29)28-8-3-5-19(16-28)27-11-9-26(10-12-27)15-18-6-7-22-23(13-18)31-17-30-22/h6-7,13-14,19H,2-5,8-12,15-17H2,1H3/t19-/m1/s1. The first kappa shape index (κ1) is 21.3. The largest absolute Gasteiger partial charge is 0.454 e. The average molecular weight is 441 g/mol. The minimum absolute atomic E-state index is 0.00208. The first-order chi connectivity index (χ1) is 15.7. The Bertz CT molecular complexity index is 938. The van der Waals surface area contributed by atoms with Crippen LogP contribution in [0.15, 0.2) is 28.8 Å². The molecule has 2 aromatic rings. The highest BCUT2D eigenvalue weighted by Crippen LogP contribution is 2.33. The van der Waals surface area contributed by atoms with Gasteiger partial charge in [-0.05, 0) is 37.0 Å². The van der Waals surface area contributed by atoms with Crippen molar-refractivity contribution in [2.24, 2.45) is 0 Å². The zero-order valence-corrected chi connectivity index (χ0v) is 18.8. The topological polar surface area (TPSA) is 71.3 Å². The van der Waals surface area contributed by atoms with E-state index in [2.05, 4.69) is 34.0 Å². The van der Waals surface area contributed by atoms with Gasteiger partial charge in [0.1, 0.15) is 5.76 Å². The molecule has 0 saturated carbocycles. The molecule has 0 radical (unpaired) electrons. The third-order valence-electron chi connectivity index (χ3n) is 6.72. The molecular weight excluding hydrogens is 408 g/mol. The van der Waals surface area contributed by atoms with E-state index in [4.69, 9.17) is 14.0 Å². The molecule has 1 atom stereocenters. The molecule has 3 aliphatic heterocycles. The van der Waals surface area contributed by atoms with Gasteiger partial charge in [0.15, 0.2) is 17.2 Å². The van der Waals surface area contributed by atoms with Gasteiger partial charge in [-0.2, -0.15) is 0 Å². The average Bonchev–Trinajstić information content (AvgIpc) is 3.49. The number of benzene rings is 1. The number of carbonyl (C=O) groups excluding carboxylic acids is 1. The molecule has 0 spiro atoms. The van der Waals surface area contributed by atoms with Crippen molar-refractivity contribution < 1.29 is 18.8 Å². The number of hydrogen-bond donors (Lipinski definition) is 0. The Morgan fingerprint density at radius 2 is 1.94 bits per heavy atom. The van der Waals surface area contributed by atoms with Gasteiger partial charge in [0.2, 0.25) is 6.79 Å². The number of nitrogens with zero attached hydrogens (tertiary/aromatic N) is 4. The molecule has 3 aliphatic rings. The van der Waals surface area contributed by atoms with Crippen molar-refractivity contribution in [1.82, 2.24) is 19.9 Å². The van der Waals surface area contributed by atoms with Gasteiger partial charge in [-0.1, -0.05) is 18.1 Å². The summed E-state index contributed by atoms with van der Waals surface area (Å²) in [6.07, 6.45) is 3.98. The number of piperidine rings is 1. The third-order valence-corrected chi connectivity index (χ3v) is 6.72.